The Morgan fingerprint density at radius 1 is 0.933 bits per heavy atom. The summed E-state index contributed by atoms with van der Waals surface area (Å²) < 4.78 is 44.8. The van der Waals surface area contributed by atoms with Crippen LogP contribution in [0.1, 0.15) is 43.7 Å². The number of anilines is 1. The minimum atomic E-state index is -3.91. The average molecular weight is 636 g/mol. The Morgan fingerprint density at radius 2 is 1.64 bits per heavy atom. The fourth-order valence-corrected chi connectivity index (χ4v) is 6.85. The molecule has 1 saturated carbocycles. The molecule has 1 fully saturated rings. The van der Waals surface area contributed by atoms with Crippen molar-refractivity contribution in [2.75, 3.05) is 36.9 Å². The molecule has 1 heterocycles. The molecule has 1 aliphatic carbocycles. The summed E-state index contributed by atoms with van der Waals surface area (Å²) >= 11 is 0. The summed E-state index contributed by atoms with van der Waals surface area (Å²) in [6.45, 7) is 1.84. The van der Waals surface area contributed by atoms with Crippen LogP contribution in [0.2, 0.25) is 0 Å². The van der Waals surface area contributed by atoms with Gasteiger partial charge in [-0.05, 0) is 55.2 Å². The molecule has 3 aromatic carbocycles. The molecule has 1 unspecified atom stereocenters. The highest BCUT2D eigenvalue weighted by Gasteiger charge is 2.35. The van der Waals surface area contributed by atoms with Gasteiger partial charge in [-0.1, -0.05) is 55.3 Å². The first-order valence-electron chi connectivity index (χ1n) is 15.4. The Kier molecular flexibility index (Phi) is 10.5. The lowest BCUT2D eigenvalue weighted by molar-refractivity contribution is -0.140. The van der Waals surface area contributed by atoms with Gasteiger partial charge in [0.15, 0.2) is 11.5 Å². The second-order valence-electron chi connectivity index (χ2n) is 11.3. The number of benzene rings is 3. The van der Waals surface area contributed by atoms with Gasteiger partial charge in [0.25, 0.3) is 0 Å². The lowest BCUT2D eigenvalue weighted by atomic mass is 10.0. The third kappa shape index (κ3) is 8.08. The fourth-order valence-electron chi connectivity index (χ4n) is 5.80. The van der Waals surface area contributed by atoms with E-state index in [1.807, 2.05) is 48.5 Å². The van der Waals surface area contributed by atoms with Crippen LogP contribution in [0.5, 0.6) is 17.2 Å². The molecule has 2 aliphatic rings. The van der Waals surface area contributed by atoms with Gasteiger partial charge in [0.1, 0.15) is 31.5 Å². The first kappa shape index (κ1) is 32.2. The van der Waals surface area contributed by atoms with Crippen molar-refractivity contribution in [1.29, 1.82) is 0 Å². The summed E-state index contributed by atoms with van der Waals surface area (Å²) in [7, 11) is -2.34. The molecule has 11 heteroatoms. The van der Waals surface area contributed by atoms with E-state index in [9.17, 15) is 18.0 Å². The lowest BCUT2D eigenvalue weighted by Crippen LogP contribution is -2.54. The fraction of sp³-hybridized carbons (Fsp3) is 0.412. The van der Waals surface area contributed by atoms with Crippen LogP contribution in [0.15, 0.2) is 72.8 Å². The molecule has 0 aromatic heterocycles. The van der Waals surface area contributed by atoms with Crippen LogP contribution in [-0.4, -0.2) is 69.8 Å². The van der Waals surface area contributed by atoms with E-state index < -0.39 is 28.5 Å². The van der Waals surface area contributed by atoms with E-state index in [1.165, 1.54) is 11.8 Å². The molecule has 0 spiro atoms. The molecule has 3 aromatic rings. The van der Waals surface area contributed by atoms with Crippen molar-refractivity contribution in [2.45, 2.75) is 57.7 Å². The van der Waals surface area contributed by atoms with Crippen LogP contribution >= 0.6 is 0 Å². The SMILES string of the molecule is CCS(=O)(=O)N(CC(=O)N(Cc1cccc(OC)c1)C(Cc1ccccc1)C(=O)NC1CCCC1)c1ccc2c(c1)OCCO2. The van der Waals surface area contributed by atoms with Crippen molar-refractivity contribution in [1.82, 2.24) is 10.2 Å². The monoisotopic (exact) mass is 635 g/mol. The number of fused-ring (bicyclic) bond motifs is 1. The first-order chi connectivity index (χ1) is 21.8. The van der Waals surface area contributed by atoms with Crippen LogP contribution in [0, 0.1) is 0 Å². The summed E-state index contributed by atoms with van der Waals surface area (Å²) in [5.41, 5.74) is 1.92. The number of methoxy groups -OCH3 is 1. The molecule has 10 nitrogen and oxygen atoms in total. The maximum absolute atomic E-state index is 14.5. The third-order valence-corrected chi connectivity index (χ3v) is 9.99. The average Bonchev–Trinajstić information content (AvgIpc) is 3.58. The zero-order valence-corrected chi connectivity index (χ0v) is 26.6. The number of ether oxygens (including phenoxy) is 3. The Hall–Kier alpha value is -4.25. The zero-order chi connectivity index (χ0) is 31.8. The Balaban J connectivity index is 1.53. The van der Waals surface area contributed by atoms with Crippen molar-refractivity contribution in [3.63, 3.8) is 0 Å². The number of nitrogens with zero attached hydrogens (tertiary/aromatic N) is 2. The molecule has 0 saturated heterocycles. The van der Waals surface area contributed by atoms with Gasteiger partial charge in [0.2, 0.25) is 21.8 Å². The molecule has 45 heavy (non-hydrogen) atoms. The number of sulfonamides is 1. The molecule has 240 valence electrons. The van der Waals surface area contributed by atoms with Crippen LogP contribution < -0.4 is 23.8 Å². The minimum absolute atomic E-state index is 0.0410. The molecular weight excluding hydrogens is 594 g/mol. The van der Waals surface area contributed by atoms with Crippen molar-refractivity contribution in [2.24, 2.45) is 0 Å². The van der Waals surface area contributed by atoms with Crippen LogP contribution in [0.25, 0.3) is 0 Å². The van der Waals surface area contributed by atoms with Gasteiger partial charge in [-0.3, -0.25) is 13.9 Å². The van der Waals surface area contributed by atoms with Crippen molar-refractivity contribution in [3.8, 4) is 17.2 Å². The number of rotatable bonds is 13. The van der Waals surface area contributed by atoms with E-state index in [0.717, 1.165) is 41.1 Å². The number of nitrogens with one attached hydrogen (secondary N) is 1. The smallest absolute Gasteiger partial charge is 0.244 e. The minimum Gasteiger partial charge on any atom is -0.497 e. The van der Waals surface area contributed by atoms with Crippen molar-refractivity contribution < 1.29 is 32.2 Å². The van der Waals surface area contributed by atoms with E-state index in [0.29, 0.717) is 30.5 Å². The van der Waals surface area contributed by atoms with Crippen molar-refractivity contribution in [3.05, 3.63) is 83.9 Å². The van der Waals surface area contributed by atoms with E-state index in [4.69, 9.17) is 14.2 Å². The van der Waals surface area contributed by atoms with E-state index in [2.05, 4.69) is 5.32 Å². The molecule has 1 atom stereocenters. The predicted molar refractivity (Wildman–Crippen MR) is 172 cm³/mol. The number of amides is 2. The highest BCUT2D eigenvalue weighted by atomic mass is 32.2. The normalized spacial score (nSPS) is 15.2. The summed E-state index contributed by atoms with van der Waals surface area (Å²) in [6, 6.07) is 20.8. The molecule has 2 amide bonds. The third-order valence-electron chi connectivity index (χ3n) is 8.25. The summed E-state index contributed by atoms with van der Waals surface area (Å²) in [5.74, 6) is 0.546. The van der Waals surface area contributed by atoms with Gasteiger partial charge in [-0.15, -0.1) is 0 Å². The quantitative estimate of drug-likeness (QED) is 0.298. The van der Waals surface area contributed by atoms with E-state index >= 15 is 0 Å². The maximum Gasteiger partial charge on any atom is 0.244 e. The highest BCUT2D eigenvalue weighted by Crippen LogP contribution is 2.35. The molecular formula is C34H41N3O7S. The number of hydrogen-bond acceptors (Lipinski definition) is 7. The van der Waals surface area contributed by atoms with Gasteiger partial charge in [0.05, 0.1) is 18.6 Å². The number of carbonyl (C=O) groups is 2. The van der Waals surface area contributed by atoms with Crippen LogP contribution in [-0.2, 0) is 32.6 Å². The van der Waals surface area contributed by atoms with E-state index in [1.54, 1.807) is 31.4 Å². The Morgan fingerprint density at radius 3 is 2.36 bits per heavy atom. The standard InChI is InChI=1S/C34H41N3O7S/c1-3-45(40,41)37(28-16-17-31-32(22-28)44-19-18-43-31)24-33(38)36(23-26-12-9-15-29(20-26)42-2)30(21-25-10-5-4-6-11-25)34(39)35-27-13-7-8-14-27/h4-6,9-12,15-17,20,22,27,30H,3,7-8,13-14,18-19,21,23-24H2,1-2H3,(H,35,39). The Labute approximate surface area is 265 Å². The molecule has 5 rings (SSSR count). The predicted octanol–water partition coefficient (Wildman–Crippen LogP) is 4.32. The maximum atomic E-state index is 14.5. The first-order valence-corrected chi connectivity index (χ1v) is 17.0. The highest BCUT2D eigenvalue weighted by molar-refractivity contribution is 7.92. The summed E-state index contributed by atoms with van der Waals surface area (Å²) in [6.07, 6.45) is 4.13. The molecule has 0 bridgehead atoms. The largest absolute Gasteiger partial charge is 0.497 e. The molecule has 0 radical (unpaired) electrons. The lowest BCUT2D eigenvalue weighted by Gasteiger charge is -2.34. The van der Waals surface area contributed by atoms with Gasteiger partial charge >= 0.3 is 0 Å². The van der Waals surface area contributed by atoms with Crippen LogP contribution in [0.3, 0.4) is 0 Å². The molecule has 1 aliphatic heterocycles. The zero-order valence-electron chi connectivity index (χ0n) is 25.8. The summed E-state index contributed by atoms with van der Waals surface area (Å²) in [4.78, 5) is 30.0. The second-order valence-corrected chi connectivity index (χ2v) is 13.5. The van der Waals surface area contributed by atoms with Gasteiger partial charge in [-0.2, -0.15) is 0 Å². The topological polar surface area (TPSA) is 114 Å². The number of hydrogen-bond donors (Lipinski definition) is 1. The van der Waals surface area contributed by atoms with Gasteiger partial charge < -0.3 is 24.4 Å². The summed E-state index contributed by atoms with van der Waals surface area (Å²) in [5, 5.41) is 3.18. The van der Waals surface area contributed by atoms with Gasteiger partial charge in [-0.25, -0.2) is 8.42 Å². The van der Waals surface area contributed by atoms with Crippen LogP contribution in [0.4, 0.5) is 5.69 Å². The second kappa shape index (κ2) is 14.7. The molecule has 1 N–H and O–H groups in total. The van der Waals surface area contributed by atoms with Crippen molar-refractivity contribution >= 4 is 27.5 Å². The Bertz CT molecular complexity index is 1580. The van der Waals surface area contributed by atoms with E-state index in [-0.39, 0.29) is 36.4 Å². The van der Waals surface area contributed by atoms with Gasteiger partial charge in [0, 0.05) is 25.1 Å². The number of carbonyl (C=O) groups excluding carboxylic acids is 2.